The van der Waals surface area contributed by atoms with Crippen molar-refractivity contribution >= 4 is 44.8 Å². The van der Waals surface area contributed by atoms with E-state index in [4.69, 9.17) is 0 Å². The van der Waals surface area contributed by atoms with E-state index in [1.807, 2.05) is 11.0 Å². The molecule has 11 heteroatoms. The van der Waals surface area contributed by atoms with Crippen LogP contribution in [0.25, 0.3) is 0 Å². The lowest BCUT2D eigenvalue weighted by molar-refractivity contribution is 0.0708. The minimum Gasteiger partial charge on any atom is -0.339 e. The highest BCUT2D eigenvalue weighted by molar-refractivity contribution is 7.99. The monoisotopic (exact) mass is 520 g/mol. The molecule has 0 N–H and O–H groups in total. The van der Waals surface area contributed by atoms with Crippen molar-refractivity contribution in [1.82, 2.24) is 19.8 Å². The van der Waals surface area contributed by atoms with E-state index in [1.165, 1.54) is 28.0 Å². The fraction of sp³-hybridized carbons (Fsp3) is 0.478. The summed E-state index contributed by atoms with van der Waals surface area (Å²) in [4.78, 5) is 38.3. The van der Waals surface area contributed by atoms with Crippen LogP contribution in [0.1, 0.15) is 51.0 Å². The van der Waals surface area contributed by atoms with Crippen molar-refractivity contribution in [2.24, 2.45) is 0 Å². The molecule has 0 aliphatic carbocycles. The van der Waals surface area contributed by atoms with Gasteiger partial charge in [0.25, 0.3) is 11.8 Å². The summed E-state index contributed by atoms with van der Waals surface area (Å²) >= 11 is 2.96. The summed E-state index contributed by atoms with van der Waals surface area (Å²) in [6.45, 7) is 4.96. The van der Waals surface area contributed by atoms with Gasteiger partial charge in [-0.1, -0.05) is 6.08 Å². The number of hydrogen-bond donors (Lipinski definition) is 0. The van der Waals surface area contributed by atoms with Gasteiger partial charge in [0.15, 0.2) is 9.84 Å². The molecule has 2 aliphatic rings. The Bertz CT molecular complexity index is 1170. The molecular weight excluding hydrogens is 492 g/mol. The molecule has 0 spiro atoms. The number of amides is 2. The van der Waals surface area contributed by atoms with Gasteiger partial charge in [-0.05, 0) is 31.4 Å². The van der Waals surface area contributed by atoms with E-state index in [9.17, 15) is 18.0 Å². The Morgan fingerprint density at radius 1 is 1.32 bits per heavy atom. The minimum atomic E-state index is -3.06. The molecule has 2 saturated heterocycles. The highest BCUT2D eigenvalue weighted by Crippen LogP contribution is 2.32. The van der Waals surface area contributed by atoms with Gasteiger partial charge in [-0.15, -0.1) is 29.7 Å². The average Bonchev–Trinajstić information content (AvgIpc) is 3.48. The Kier molecular flexibility index (Phi) is 7.73. The lowest BCUT2D eigenvalue weighted by Gasteiger charge is -2.31. The predicted octanol–water partition coefficient (Wildman–Crippen LogP) is 3.10. The van der Waals surface area contributed by atoms with E-state index in [2.05, 4.69) is 16.5 Å². The molecule has 2 aromatic rings. The van der Waals surface area contributed by atoms with Gasteiger partial charge in [0.1, 0.15) is 10.7 Å². The highest BCUT2D eigenvalue weighted by atomic mass is 32.2. The molecule has 0 saturated carbocycles. The van der Waals surface area contributed by atoms with Gasteiger partial charge in [0.05, 0.1) is 22.1 Å². The van der Waals surface area contributed by atoms with Crippen LogP contribution in [0.4, 0.5) is 0 Å². The summed E-state index contributed by atoms with van der Waals surface area (Å²) in [5.74, 6) is 0.776. The largest absolute Gasteiger partial charge is 0.339 e. The summed E-state index contributed by atoms with van der Waals surface area (Å²) in [6, 6.07) is 3.31. The van der Waals surface area contributed by atoms with Crippen molar-refractivity contribution in [3.8, 4) is 0 Å². The van der Waals surface area contributed by atoms with E-state index in [-0.39, 0.29) is 35.3 Å². The van der Waals surface area contributed by atoms with Crippen LogP contribution in [-0.2, 0) is 9.84 Å². The highest BCUT2D eigenvalue weighted by Gasteiger charge is 2.34. The van der Waals surface area contributed by atoms with Crippen molar-refractivity contribution in [3.05, 3.63) is 52.6 Å². The molecule has 2 fully saturated rings. The maximum absolute atomic E-state index is 13.1. The van der Waals surface area contributed by atoms with Crippen LogP contribution in [0.5, 0.6) is 0 Å². The Balaban J connectivity index is 1.36. The third-order valence-corrected chi connectivity index (χ3v) is 10.0. The number of thiazole rings is 1. The standard InChI is InChI=1S/C23H28N4O4S3/c1-3-12-32-21-18(5-4-9-24-21)22(28)27-10-6-16(7-11-27)20-25-19(14-33-20)23(29)26(2)17-8-13-34(30,31)15-17/h3-5,9,14,16-17H,1,6-8,10-13,15H2,2H3. The molecule has 4 heterocycles. The summed E-state index contributed by atoms with van der Waals surface area (Å²) in [7, 11) is -1.41. The number of nitrogens with zero attached hydrogens (tertiary/aromatic N) is 4. The van der Waals surface area contributed by atoms with Crippen molar-refractivity contribution in [2.75, 3.05) is 37.4 Å². The number of likely N-dealkylation sites (tertiary alicyclic amines) is 1. The normalized spacial score (nSPS) is 20.3. The van der Waals surface area contributed by atoms with Crippen LogP contribution in [0.3, 0.4) is 0 Å². The van der Waals surface area contributed by atoms with Crippen molar-refractivity contribution < 1.29 is 18.0 Å². The molecule has 182 valence electrons. The number of aromatic nitrogens is 2. The Morgan fingerprint density at radius 3 is 2.76 bits per heavy atom. The van der Waals surface area contributed by atoms with Crippen LogP contribution in [0.2, 0.25) is 0 Å². The SMILES string of the molecule is C=CCSc1ncccc1C(=O)N1CCC(c2nc(C(=O)N(C)C3CCS(=O)(=O)C3)cs2)CC1. The fourth-order valence-corrected chi connectivity index (χ4v) is 7.77. The van der Waals surface area contributed by atoms with Crippen LogP contribution in [0, 0.1) is 0 Å². The molecule has 0 radical (unpaired) electrons. The Hall–Kier alpha value is -2.24. The number of rotatable bonds is 7. The van der Waals surface area contributed by atoms with E-state index in [0.717, 1.165) is 22.9 Å². The summed E-state index contributed by atoms with van der Waals surface area (Å²) in [5, 5.41) is 3.37. The zero-order valence-corrected chi connectivity index (χ0v) is 21.5. The van der Waals surface area contributed by atoms with Crippen LogP contribution in [-0.4, -0.2) is 83.4 Å². The first-order valence-corrected chi connectivity index (χ1v) is 14.9. The van der Waals surface area contributed by atoms with Crippen molar-refractivity contribution in [2.45, 2.75) is 36.2 Å². The lowest BCUT2D eigenvalue weighted by atomic mass is 9.97. The quantitative estimate of drug-likeness (QED) is 0.408. The molecule has 0 aromatic carbocycles. The van der Waals surface area contributed by atoms with Crippen LogP contribution >= 0.6 is 23.1 Å². The number of sulfone groups is 1. The first-order valence-electron chi connectivity index (χ1n) is 11.2. The van der Waals surface area contributed by atoms with Crippen LogP contribution in [0.15, 0.2) is 41.4 Å². The maximum atomic E-state index is 13.1. The molecule has 34 heavy (non-hydrogen) atoms. The molecule has 0 bridgehead atoms. The second-order valence-corrected chi connectivity index (χ2v) is 12.7. The third-order valence-electron chi connectivity index (χ3n) is 6.29. The first-order chi connectivity index (χ1) is 16.3. The molecule has 8 nitrogen and oxygen atoms in total. The zero-order chi connectivity index (χ0) is 24.3. The molecule has 1 unspecified atom stereocenters. The van der Waals surface area contributed by atoms with Gasteiger partial charge < -0.3 is 9.80 Å². The maximum Gasteiger partial charge on any atom is 0.273 e. The lowest BCUT2D eigenvalue weighted by Crippen LogP contribution is -2.38. The van der Waals surface area contributed by atoms with E-state index in [1.54, 1.807) is 30.8 Å². The van der Waals surface area contributed by atoms with Gasteiger partial charge >= 0.3 is 0 Å². The second kappa shape index (κ2) is 10.6. The zero-order valence-electron chi connectivity index (χ0n) is 19.1. The minimum absolute atomic E-state index is 0.0127. The fourth-order valence-electron chi connectivity index (χ4n) is 4.31. The van der Waals surface area contributed by atoms with Crippen LogP contribution < -0.4 is 0 Å². The topological polar surface area (TPSA) is 101 Å². The average molecular weight is 521 g/mol. The van der Waals surface area contributed by atoms with Gasteiger partial charge in [0.2, 0.25) is 0 Å². The number of hydrogen-bond acceptors (Lipinski definition) is 8. The molecule has 1 atom stereocenters. The van der Waals surface area contributed by atoms with Crippen molar-refractivity contribution in [3.63, 3.8) is 0 Å². The Morgan fingerprint density at radius 2 is 2.09 bits per heavy atom. The third kappa shape index (κ3) is 5.52. The molecule has 2 aromatic heterocycles. The first kappa shape index (κ1) is 24.9. The molecule has 2 aliphatic heterocycles. The molecule has 2 amide bonds. The van der Waals surface area contributed by atoms with Gasteiger partial charge in [-0.3, -0.25) is 9.59 Å². The summed E-state index contributed by atoms with van der Waals surface area (Å²) in [5.41, 5.74) is 0.983. The number of piperidine rings is 1. The summed E-state index contributed by atoms with van der Waals surface area (Å²) < 4.78 is 23.5. The number of thioether (sulfide) groups is 1. The molecular formula is C23H28N4O4S3. The number of pyridine rings is 1. The smallest absolute Gasteiger partial charge is 0.273 e. The number of carbonyl (C=O) groups excluding carboxylic acids is 2. The van der Waals surface area contributed by atoms with Gasteiger partial charge in [-0.2, -0.15) is 0 Å². The second-order valence-electron chi connectivity index (χ2n) is 8.57. The Labute approximate surface area is 208 Å². The number of carbonyl (C=O) groups is 2. The predicted molar refractivity (Wildman–Crippen MR) is 134 cm³/mol. The molecule has 4 rings (SSSR count). The van der Waals surface area contributed by atoms with E-state index >= 15 is 0 Å². The van der Waals surface area contributed by atoms with Gasteiger partial charge in [0, 0.05) is 49.4 Å². The van der Waals surface area contributed by atoms with E-state index < -0.39 is 9.84 Å². The van der Waals surface area contributed by atoms with E-state index in [0.29, 0.717) is 36.5 Å². The van der Waals surface area contributed by atoms with Crippen molar-refractivity contribution in [1.29, 1.82) is 0 Å². The van der Waals surface area contributed by atoms with Gasteiger partial charge in [-0.25, -0.2) is 18.4 Å². The summed E-state index contributed by atoms with van der Waals surface area (Å²) in [6.07, 6.45) is 5.51.